The van der Waals surface area contributed by atoms with E-state index in [4.69, 9.17) is 27.9 Å². The molecule has 1 amide bonds. The van der Waals surface area contributed by atoms with Gasteiger partial charge in [-0.05, 0) is 11.4 Å². The highest BCUT2D eigenvalue weighted by Crippen LogP contribution is 2.41. The number of anilines is 1. The van der Waals surface area contributed by atoms with Gasteiger partial charge >= 0.3 is 6.18 Å². The largest absolute Gasteiger partial charge is 0.496 e. The Labute approximate surface area is 149 Å². The standard InChI is InChI=1S/C13H12Cl2F3N3O2S/c1-20-12(15)10(11(19-20)13(16,17)18)21(9(22)5-14)6-8-7(23-2)3-4-24-8/h3-4H,5-6H2,1-2H3. The zero-order valence-electron chi connectivity index (χ0n) is 12.5. The molecule has 11 heteroatoms. The average Bonchev–Trinajstić information content (AvgIpc) is 3.09. The summed E-state index contributed by atoms with van der Waals surface area (Å²) in [4.78, 5) is 13.6. The molecule has 0 aliphatic rings. The van der Waals surface area contributed by atoms with E-state index in [1.165, 1.54) is 25.5 Å². The maximum Gasteiger partial charge on any atom is 0.437 e. The zero-order chi connectivity index (χ0) is 18.1. The number of rotatable bonds is 5. The molecule has 0 unspecified atom stereocenters. The normalized spacial score (nSPS) is 11.6. The fourth-order valence-corrected chi connectivity index (χ4v) is 3.26. The van der Waals surface area contributed by atoms with Crippen molar-refractivity contribution < 1.29 is 22.7 Å². The summed E-state index contributed by atoms with van der Waals surface area (Å²) in [5, 5.41) is 4.78. The first-order valence-electron chi connectivity index (χ1n) is 6.47. The third-order valence-corrected chi connectivity index (χ3v) is 4.67. The Morgan fingerprint density at radius 1 is 1.50 bits per heavy atom. The van der Waals surface area contributed by atoms with Gasteiger partial charge in [0.05, 0.1) is 18.5 Å². The van der Waals surface area contributed by atoms with Crippen LogP contribution in [0.3, 0.4) is 0 Å². The van der Waals surface area contributed by atoms with Gasteiger partial charge in [0.1, 0.15) is 17.3 Å². The monoisotopic (exact) mass is 401 g/mol. The fraction of sp³-hybridized carbons (Fsp3) is 0.385. The zero-order valence-corrected chi connectivity index (χ0v) is 14.9. The Morgan fingerprint density at radius 3 is 2.71 bits per heavy atom. The predicted octanol–water partition coefficient (Wildman–Crippen LogP) is 3.93. The van der Waals surface area contributed by atoms with Crippen molar-refractivity contribution in [1.82, 2.24) is 9.78 Å². The van der Waals surface area contributed by atoms with Crippen LogP contribution in [0, 0.1) is 0 Å². The molecule has 0 spiro atoms. The molecular weight excluding hydrogens is 390 g/mol. The van der Waals surface area contributed by atoms with Crippen LogP contribution in [-0.2, 0) is 24.6 Å². The number of hydrogen-bond acceptors (Lipinski definition) is 4. The quantitative estimate of drug-likeness (QED) is 0.712. The van der Waals surface area contributed by atoms with Gasteiger partial charge in [0.25, 0.3) is 0 Å². The molecule has 2 rings (SSSR count). The number of nitrogens with zero attached hydrogens (tertiary/aromatic N) is 3. The summed E-state index contributed by atoms with van der Waals surface area (Å²) in [5.41, 5.74) is -1.77. The second kappa shape index (κ2) is 7.20. The van der Waals surface area contributed by atoms with Gasteiger partial charge in [0, 0.05) is 7.05 Å². The molecule has 0 aliphatic carbocycles. The van der Waals surface area contributed by atoms with Crippen molar-refractivity contribution in [2.24, 2.45) is 7.05 Å². The summed E-state index contributed by atoms with van der Waals surface area (Å²) in [6, 6.07) is 1.65. The van der Waals surface area contributed by atoms with Crippen LogP contribution in [0.5, 0.6) is 5.75 Å². The Bertz CT molecular complexity index is 745. The number of alkyl halides is 4. The first-order chi connectivity index (χ1) is 11.2. The number of ether oxygens (including phenoxy) is 1. The lowest BCUT2D eigenvalue weighted by Gasteiger charge is -2.22. The Hall–Kier alpha value is -1.45. The van der Waals surface area contributed by atoms with Crippen molar-refractivity contribution in [3.05, 3.63) is 27.2 Å². The lowest BCUT2D eigenvalue weighted by molar-refractivity contribution is -0.141. The number of carbonyl (C=O) groups is 1. The summed E-state index contributed by atoms with van der Waals surface area (Å²) in [6.45, 7) is -0.166. The van der Waals surface area contributed by atoms with Crippen LogP contribution in [0.1, 0.15) is 10.6 Å². The second-order valence-corrected chi connectivity index (χ2v) is 6.26. The van der Waals surface area contributed by atoms with Crippen LogP contribution < -0.4 is 9.64 Å². The maximum absolute atomic E-state index is 13.3. The second-order valence-electron chi connectivity index (χ2n) is 4.64. The molecule has 132 valence electrons. The molecule has 0 radical (unpaired) electrons. The van der Waals surface area contributed by atoms with Crippen LogP contribution in [0.4, 0.5) is 18.9 Å². The smallest absolute Gasteiger partial charge is 0.437 e. The van der Waals surface area contributed by atoms with Crippen LogP contribution in [0.25, 0.3) is 0 Å². The third kappa shape index (κ3) is 3.62. The summed E-state index contributed by atoms with van der Waals surface area (Å²) in [5.74, 6) is -0.774. The third-order valence-electron chi connectivity index (χ3n) is 3.13. The first-order valence-corrected chi connectivity index (χ1v) is 8.26. The minimum Gasteiger partial charge on any atom is -0.496 e. The average molecular weight is 402 g/mol. The molecular formula is C13H12Cl2F3N3O2S. The molecule has 2 aromatic heterocycles. The Morgan fingerprint density at radius 2 is 2.17 bits per heavy atom. The van der Waals surface area contributed by atoms with Gasteiger partial charge in [-0.3, -0.25) is 9.48 Å². The molecule has 0 fully saturated rings. The molecule has 2 aromatic rings. The van der Waals surface area contributed by atoms with Crippen molar-refractivity contribution in [2.75, 3.05) is 17.9 Å². The topological polar surface area (TPSA) is 47.4 Å². The van der Waals surface area contributed by atoms with Gasteiger partial charge in [-0.15, -0.1) is 22.9 Å². The number of halogens is 5. The van der Waals surface area contributed by atoms with E-state index in [-0.39, 0.29) is 11.7 Å². The fourth-order valence-electron chi connectivity index (χ4n) is 2.06. The summed E-state index contributed by atoms with van der Waals surface area (Å²) in [7, 11) is 2.69. The minimum absolute atomic E-state index is 0.166. The predicted molar refractivity (Wildman–Crippen MR) is 86.0 cm³/mol. The number of thiophene rings is 1. The van der Waals surface area contributed by atoms with E-state index < -0.39 is 29.3 Å². The highest BCUT2D eigenvalue weighted by Gasteiger charge is 2.42. The van der Waals surface area contributed by atoms with Gasteiger partial charge in [-0.2, -0.15) is 18.3 Å². The number of carbonyl (C=O) groups excluding carboxylic acids is 1. The summed E-state index contributed by atoms with van der Waals surface area (Å²) < 4.78 is 45.8. The number of methoxy groups -OCH3 is 1. The van der Waals surface area contributed by atoms with E-state index in [1.807, 2.05) is 0 Å². The van der Waals surface area contributed by atoms with E-state index in [2.05, 4.69) is 5.10 Å². The lowest BCUT2D eigenvalue weighted by Crippen LogP contribution is -2.33. The van der Waals surface area contributed by atoms with Crippen LogP contribution in [0.2, 0.25) is 5.15 Å². The van der Waals surface area contributed by atoms with Gasteiger partial charge in [0.15, 0.2) is 10.8 Å². The highest BCUT2D eigenvalue weighted by atomic mass is 35.5. The lowest BCUT2D eigenvalue weighted by atomic mass is 10.3. The van der Waals surface area contributed by atoms with Gasteiger partial charge < -0.3 is 9.64 Å². The number of hydrogen-bond donors (Lipinski definition) is 0. The highest BCUT2D eigenvalue weighted by molar-refractivity contribution is 7.10. The van der Waals surface area contributed by atoms with Gasteiger partial charge in [-0.1, -0.05) is 11.6 Å². The van der Waals surface area contributed by atoms with Crippen LogP contribution in [0.15, 0.2) is 11.4 Å². The van der Waals surface area contributed by atoms with Crippen molar-refractivity contribution in [3.63, 3.8) is 0 Å². The summed E-state index contributed by atoms with van der Waals surface area (Å²) in [6.07, 6.45) is -4.77. The molecule has 5 nitrogen and oxygen atoms in total. The molecule has 0 N–H and O–H groups in total. The van der Waals surface area contributed by atoms with E-state index in [0.717, 1.165) is 9.58 Å². The molecule has 0 bridgehead atoms. The molecule has 2 heterocycles. The van der Waals surface area contributed by atoms with E-state index in [0.29, 0.717) is 10.6 Å². The maximum atomic E-state index is 13.3. The van der Waals surface area contributed by atoms with Gasteiger partial charge in [-0.25, -0.2) is 0 Å². The summed E-state index contributed by atoms with van der Waals surface area (Å²) >= 11 is 12.8. The number of aryl methyl sites for hydroxylation is 1. The molecule has 0 atom stereocenters. The molecule has 0 saturated carbocycles. The van der Waals surface area contributed by atoms with Crippen molar-refractivity contribution in [2.45, 2.75) is 12.7 Å². The Balaban J connectivity index is 2.56. The molecule has 0 aliphatic heterocycles. The Kier molecular flexibility index (Phi) is 5.67. The van der Waals surface area contributed by atoms with Crippen molar-refractivity contribution in [1.29, 1.82) is 0 Å². The number of amides is 1. The molecule has 0 aromatic carbocycles. The van der Waals surface area contributed by atoms with E-state index in [9.17, 15) is 18.0 Å². The number of aromatic nitrogens is 2. The van der Waals surface area contributed by atoms with Gasteiger partial charge in [0.2, 0.25) is 5.91 Å². The van der Waals surface area contributed by atoms with E-state index >= 15 is 0 Å². The van der Waals surface area contributed by atoms with Crippen molar-refractivity contribution >= 4 is 46.1 Å². The minimum atomic E-state index is -4.77. The first kappa shape index (κ1) is 18.9. The molecule has 0 saturated heterocycles. The van der Waals surface area contributed by atoms with Crippen LogP contribution in [-0.4, -0.2) is 28.7 Å². The van der Waals surface area contributed by atoms with Crippen molar-refractivity contribution in [3.8, 4) is 5.75 Å². The van der Waals surface area contributed by atoms with E-state index in [1.54, 1.807) is 11.4 Å². The SMILES string of the molecule is COc1ccsc1CN(C(=O)CCl)c1c(C(F)(F)F)nn(C)c1Cl. The molecule has 24 heavy (non-hydrogen) atoms. The van der Waals surface area contributed by atoms with Crippen LogP contribution >= 0.6 is 34.5 Å².